The maximum Gasteiger partial charge on any atom is 0.102 e. The van der Waals surface area contributed by atoms with Crippen LogP contribution in [0, 0.1) is 12.3 Å². The fraction of sp³-hybridized carbons (Fsp3) is 0. The lowest BCUT2D eigenvalue weighted by atomic mass is 10.6. The molecule has 0 saturated heterocycles. The Bertz CT molecular complexity index is 92.6. The third kappa shape index (κ3) is 2.90. The van der Waals surface area contributed by atoms with Crippen molar-refractivity contribution < 1.29 is 0 Å². The molecule has 0 aliphatic heterocycles. The Kier molecular flexibility index (Phi) is 1.76. The molecular weight excluding hydrogens is 76.1 g/mol. The van der Waals surface area contributed by atoms with Gasteiger partial charge < -0.3 is 11.5 Å². The average molecular weight is 82.1 g/mol. The first-order valence-corrected chi connectivity index (χ1v) is 1.44. The van der Waals surface area contributed by atoms with Gasteiger partial charge in [0.05, 0.1) is 0 Å². The fourth-order valence-electron chi connectivity index (χ4n) is 0.0962. The highest BCUT2D eigenvalue weighted by molar-refractivity contribution is 5.12. The van der Waals surface area contributed by atoms with Crippen LogP contribution < -0.4 is 11.5 Å². The van der Waals surface area contributed by atoms with Gasteiger partial charge in [0.2, 0.25) is 0 Å². The topological polar surface area (TPSA) is 52.0 Å². The zero-order chi connectivity index (χ0) is 4.99. The van der Waals surface area contributed by atoms with E-state index in [0.29, 0.717) is 0 Å². The van der Waals surface area contributed by atoms with E-state index >= 15 is 0 Å². The summed E-state index contributed by atoms with van der Waals surface area (Å²) in [7, 11) is 0. The lowest BCUT2D eigenvalue weighted by molar-refractivity contribution is 1.26. The molecule has 0 bridgehead atoms. The number of hydrogen-bond acceptors (Lipinski definition) is 2. The van der Waals surface area contributed by atoms with E-state index in [1.165, 1.54) is 6.08 Å². The highest BCUT2D eigenvalue weighted by Gasteiger charge is 1.63. The molecular formula is C4H6N2. The second-order valence-electron chi connectivity index (χ2n) is 0.811. The Balaban J connectivity index is 3.51. The normalized spacial score (nSPS) is 5.83. The molecule has 32 valence electrons. The molecule has 2 heteroatoms. The van der Waals surface area contributed by atoms with E-state index in [0.717, 1.165) is 0 Å². The van der Waals surface area contributed by atoms with Gasteiger partial charge in [0.1, 0.15) is 5.82 Å². The number of hydrogen-bond donors (Lipinski definition) is 2. The number of nitrogens with two attached hydrogens (primary N) is 2. The standard InChI is InChI=1S/C4H6N2/c1-2-3-4(5)6/h1,3H,5-6H2. The van der Waals surface area contributed by atoms with E-state index in [4.69, 9.17) is 17.9 Å². The first-order valence-electron chi connectivity index (χ1n) is 1.44. The zero-order valence-electron chi connectivity index (χ0n) is 3.31. The van der Waals surface area contributed by atoms with Crippen molar-refractivity contribution in [1.82, 2.24) is 0 Å². The summed E-state index contributed by atoms with van der Waals surface area (Å²) in [5.74, 6) is 2.33. The van der Waals surface area contributed by atoms with Gasteiger partial charge in [0.15, 0.2) is 0 Å². The van der Waals surface area contributed by atoms with Crippen molar-refractivity contribution in [3.63, 3.8) is 0 Å². The maximum atomic E-state index is 4.90. The molecule has 0 aromatic carbocycles. The second kappa shape index (κ2) is 2.16. The molecule has 0 aliphatic carbocycles. The fourth-order valence-corrected chi connectivity index (χ4v) is 0.0962. The lowest BCUT2D eigenvalue weighted by Gasteiger charge is -1.77. The minimum Gasteiger partial charge on any atom is -0.385 e. The van der Waals surface area contributed by atoms with Crippen LogP contribution in [0.4, 0.5) is 0 Å². The molecule has 0 aromatic rings. The molecule has 6 heavy (non-hydrogen) atoms. The van der Waals surface area contributed by atoms with Crippen molar-refractivity contribution in [3.8, 4) is 12.3 Å². The summed E-state index contributed by atoms with van der Waals surface area (Å²) in [6.45, 7) is 0. The molecule has 0 atom stereocenters. The van der Waals surface area contributed by atoms with E-state index in [2.05, 4.69) is 5.92 Å². The van der Waals surface area contributed by atoms with Crippen molar-refractivity contribution >= 4 is 0 Å². The van der Waals surface area contributed by atoms with Gasteiger partial charge in [0, 0.05) is 6.08 Å². The van der Waals surface area contributed by atoms with Gasteiger partial charge in [-0.1, -0.05) is 5.92 Å². The molecule has 0 amide bonds. The van der Waals surface area contributed by atoms with Crippen LogP contribution >= 0.6 is 0 Å². The number of rotatable bonds is 0. The molecule has 4 N–H and O–H groups in total. The smallest absolute Gasteiger partial charge is 0.102 e. The van der Waals surface area contributed by atoms with Crippen molar-refractivity contribution in [2.45, 2.75) is 0 Å². The largest absolute Gasteiger partial charge is 0.385 e. The van der Waals surface area contributed by atoms with Crippen LogP contribution in [0.1, 0.15) is 0 Å². The van der Waals surface area contributed by atoms with Gasteiger partial charge in [-0.2, -0.15) is 0 Å². The Labute approximate surface area is 36.8 Å². The summed E-state index contributed by atoms with van der Waals surface area (Å²) < 4.78 is 0. The summed E-state index contributed by atoms with van der Waals surface area (Å²) in [5.41, 5.74) is 9.80. The van der Waals surface area contributed by atoms with Crippen LogP contribution in [-0.2, 0) is 0 Å². The molecule has 0 radical (unpaired) electrons. The van der Waals surface area contributed by atoms with Crippen LogP contribution in [0.5, 0.6) is 0 Å². The van der Waals surface area contributed by atoms with Crippen LogP contribution in [0.15, 0.2) is 11.9 Å². The predicted octanol–water partition coefficient (Wildman–Crippen LogP) is -0.622. The Hall–Kier alpha value is -1.10. The molecule has 2 nitrogen and oxygen atoms in total. The molecule has 0 heterocycles. The average Bonchev–Trinajstić information content (AvgIpc) is 1.35. The Morgan fingerprint density at radius 1 is 1.67 bits per heavy atom. The Morgan fingerprint density at radius 3 is 2.17 bits per heavy atom. The Morgan fingerprint density at radius 2 is 2.17 bits per heavy atom. The summed E-state index contributed by atoms with van der Waals surface area (Å²) in [4.78, 5) is 0. The summed E-state index contributed by atoms with van der Waals surface area (Å²) in [6.07, 6.45) is 6.03. The van der Waals surface area contributed by atoms with Gasteiger partial charge in [-0.3, -0.25) is 0 Å². The predicted molar refractivity (Wildman–Crippen MR) is 25.3 cm³/mol. The monoisotopic (exact) mass is 82.1 g/mol. The number of allylic oxidation sites excluding steroid dienone is 1. The maximum absolute atomic E-state index is 4.90. The van der Waals surface area contributed by atoms with E-state index < -0.39 is 0 Å². The van der Waals surface area contributed by atoms with Crippen molar-refractivity contribution in [3.05, 3.63) is 11.9 Å². The van der Waals surface area contributed by atoms with E-state index in [1.807, 2.05) is 0 Å². The summed E-state index contributed by atoms with van der Waals surface area (Å²) in [5, 5.41) is 0. The highest BCUT2D eigenvalue weighted by Crippen LogP contribution is 1.60. The third-order valence-corrected chi connectivity index (χ3v) is 0.250. The minimum atomic E-state index is 0.178. The molecule has 0 fully saturated rings. The SMILES string of the molecule is C#CC=C(N)N. The van der Waals surface area contributed by atoms with Gasteiger partial charge in [-0.25, -0.2) is 0 Å². The van der Waals surface area contributed by atoms with Crippen LogP contribution in [0.25, 0.3) is 0 Å². The molecule has 0 rings (SSSR count). The minimum absolute atomic E-state index is 0.178. The van der Waals surface area contributed by atoms with E-state index in [9.17, 15) is 0 Å². The first-order chi connectivity index (χ1) is 2.77. The summed E-state index contributed by atoms with van der Waals surface area (Å²) >= 11 is 0. The first kappa shape index (κ1) is 4.90. The highest BCUT2D eigenvalue weighted by atomic mass is 14.8. The lowest BCUT2D eigenvalue weighted by Crippen LogP contribution is -2.06. The molecule has 0 saturated carbocycles. The van der Waals surface area contributed by atoms with Crippen molar-refractivity contribution in [2.24, 2.45) is 11.5 Å². The molecule has 0 unspecified atom stereocenters. The second-order valence-corrected chi connectivity index (χ2v) is 0.811. The van der Waals surface area contributed by atoms with Crippen LogP contribution in [0.3, 0.4) is 0 Å². The van der Waals surface area contributed by atoms with E-state index in [1.54, 1.807) is 0 Å². The summed E-state index contributed by atoms with van der Waals surface area (Å²) in [6, 6.07) is 0. The number of terminal acetylenes is 1. The van der Waals surface area contributed by atoms with Crippen molar-refractivity contribution in [2.75, 3.05) is 0 Å². The van der Waals surface area contributed by atoms with E-state index in [-0.39, 0.29) is 5.82 Å². The van der Waals surface area contributed by atoms with Crippen molar-refractivity contribution in [1.29, 1.82) is 0 Å². The van der Waals surface area contributed by atoms with Gasteiger partial charge in [-0.15, -0.1) is 6.42 Å². The zero-order valence-corrected chi connectivity index (χ0v) is 3.31. The quantitative estimate of drug-likeness (QED) is 0.382. The molecule has 0 aliphatic rings. The van der Waals surface area contributed by atoms with Gasteiger partial charge in [-0.05, 0) is 0 Å². The molecule has 0 aromatic heterocycles. The van der Waals surface area contributed by atoms with Crippen LogP contribution in [-0.4, -0.2) is 0 Å². The van der Waals surface area contributed by atoms with Gasteiger partial charge in [0.25, 0.3) is 0 Å². The molecule has 0 spiro atoms. The third-order valence-electron chi connectivity index (χ3n) is 0.250. The van der Waals surface area contributed by atoms with Gasteiger partial charge >= 0.3 is 0 Å². The van der Waals surface area contributed by atoms with Crippen LogP contribution in [0.2, 0.25) is 0 Å².